The summed E-state index contributed by atoms with van der Waals surface area (Å²) in [4.78, 5) is 23.9. The van der Waals surface area contributed by atoms with Crippen LogP contribution in [0.2, 0.25) is 0 Å². The van der Waals surface area contributed by atoms with E-state index in [0.717, 1.165) is 32.4 Å². The Kier molecular flexibility index (Phi) is 6.74. The number of carbonyl (C=O) groups excluding carboxylic acids is 1. The van der Waals surface area contributed by atoms with Gasteiger partial charge in [0.05, 0.1) is 0 Å². The topological polar surface area (TPSA) is 49.7 Å². The molecule has 0 radical (unpaired) electrons. The van der Waals surface area contributed by atoms with Crippen LogP contribution in [0.4, 0.5) is 5.69 Å². The molecule has 4 heteroatoms. The Morgan fingerprint density at radius 3 is 2.56 bits per heavy atom. The van der Waals surface area contributed by atoms with Gasteiger partial charge in [0, 0.05) is 30.4 Å². The zero-order valence-electron chi connectivity index (χ0n) is 16.2. The quantitative estimate of drug-likeness (QED) is 0.634. The molecule has 4 nitrogen and oxygen atoms in total. The molecule has 1 heterocycles. The van der Waals surface area contributed by atoms with Crippen molar-refractivity contribution in [1.29, 1.82) is 0 Å². The number of hydrogen-bond acceptors (Lipinski definition) is 3. The number of anilines is 1. The van der Waals surface area contributed by atoms with Gasteiger partial charge in [0.25, 0.3) is 5.91 Å². The maximum atomic E-state index is 11.1. The van der Waals surface area contributed by atoms with Gasteiger partial charge >= 0.3 is 0 Å². The summed E-state index contributed by atoms with van der Waals surface area (Å²) in [5, 5.41) is 2.51. The first kappa shape index (κ1) is 19.6. The third-order valence-electron chi connectivity index (χ3n) is 5.73. The van der Waals surface area contributed by atoms with Gasteiger partial charge in [-0.05, 0) is 73.6 Å². The third-order valence-corrected chi connectivity index (χ3v) is 5.73. The number of carbonyl (C=O) groups is 1. The van der Waals surface area contributed by atoms with E-state index in [2.05, 4.69) is 49.0 Å². The van der Waals surface area contributed by atoms with Crippen molar-refractivity contribution in [2.75, 3.05) is 18.0 Å². The lowest BCUT2D eigenvalue weighted by atomic mass is 9.75. The van der Waals surface area contributed by atoms with Crippen molar-refractivity contribution in [2.45, 2.75) is 66.2 Å². The van der Waals surface area contributed by atoms with Crippen molar-refractivity contribution in [2.24, 2.45) is 16.5 Å². The number of nitrogens with zero attached hydrogens (tertiary/aromatic N) is 2. The molecule has 1 aliphatic heterocycles. The normalized spacial score (nSPS) is 18.0. The van der Waals surface area contributed by atoms with Gasteiger partial charge in [0.15, 0.2) is 0 Å². The van der Waals surface area contributed by atoms with Gasteiger partial charge in [0.1, 0.15) is 0 Å². The fourth-order valence-electron chi connectivity index (χ4n) is 3.81. The largest absolute Gasteiger partial charge is 0.371 e. The summed E-state index contributed by atoms with van der Waals surface area (Å²) in [5.41, 5.74) is 4.44. The van der Waals surface area contributed by atoms with Crippen LogP contribution in [0.25, 0.3) is 0 Å². The van der Waals surface area contributed by atoms with E-state index >= 15 is 0 Å². The second kappa shape index (κ2) is 8.59. The fourth-order valence-corrected chi connectivity index (χ4v) is 3.81. The number of aryl methyl sites for hydroxylation is 2. The molecule has 1 fully saturated rings. The first-order valence-electron chi connectivity index (χ1n) is 9.57. The number of rotatable bonds is 7. The molecule has 1 unspecified atom stereocenters. The van der Waals surface area contributed by atoms with Gasteiger partial charge in [-0.1, -0.05) is 26.8 Å². The molecule has 1 aliphatic rings. The molecule has 0 saturated carbocycles. The fraction of sp³-hybridized carbons (Fsp3) is 0.667. The maximum Gasteiger partial charge on any atom is 0.286 e. The molecule has 1 aromatic carbocycles. The minimum atomic E-state index is -0.515. The van der Waals surface area contributed by atoms with Gasteiger partial charge in [-0.25, -0.2) is 0 Å². The minimum absolute atomic E-state index is 0.240. The van der Waals surface area contributed by atoms with Crippen LogP contribution in [0, 0.1) is 23.2 Å². The molecular weight excluding hydrogens is 312 g/mol. The predicted molar refractivity (Wildman–Crippen MR) is 104 cm³/mol. The molecule has 0 bridgehead atoms. The summed E-state index contributed by atoms with van der Waals surface area (Å²) >= 11 is 0. The summed E-state index contributed by atoms with van der Waals surface area (Å²) in [6, 6.07) is 6.89. The second-order valence-electron chi connectivity index (χ2n) is 8.16. The van der Waals surface area contributed by atoms with E-state index in [4.69, 9.17) is 0 Å². The summed E-state index contributed by atoms with van der Waals surface area (Å²) in [6.07, 6.45) is 5.82. The number of piperidine rings is 1. The molecule has 138 valence electrons. The van der Waals surface area contributed by atoms with E-state index in [1.807, 2.05) is 6.92 Å². The van der Waals surface area contributed by atoms with Crippen LogP contribution in [-0.2, 0) is 11.2 Å². The van der Waals surface area contributed by atoms with E-state index < -0.39 is 5.91 Å². The Morgan fingerprint density at radius 2 is 1.96 bits per heavy atom. The highest BCUT2D eigenvalue weighted by Gasteiger charge is 2.30. The Labute approximate surface area is 152 Å². The molecule has 0 aromatic heterocycles. The van der Waals surface area contributed by atoms with Crippen LogP contribution in [0.15, 0.2) is 23.4 Å². The zero-order valence-corrected chi connectivity index (χ0v) is 16.2. The van der Waals surface area contributed by atoms with Crippen molar-refractivity contribution in [3.8, 4) is 0 Å². The molecule has 1 saturated heterocycles. The first-order chi connectivity index (χ1) is 11.8. The van der Waals surface area contributed by atoms with Crippen LogP contribution in [-0.4, -0.2) is 19.0 Å². The van der Waals surface area contributed by atoms with Crippen LogP contribution in [0.1, 0.15) is 64.0 Å². The molecule has 2 rings (SSSR count). The molecule has 1 aromatic rings. The van der Waals surface area contributed by atoms with E-state index in [1.54, 1.807) is 0 Å². The number of amides is 1. The standard InChI is InChI=1S/C21H32N2O2/c1-5-18-12-17(3)13-19(15-18)23-10-8-21(4,9-11-23)7-6-16(2)14-20(24)22-25/h12-13,15-16H,5-11,14H2,1-4H3. The second-order valence-corrected chi connectivity index (χ2v) is 8.16. The lowest BCUT2D eigenvalue weighted by Crippen LogP contribution is -2.39. The molecule has 1 amide bonds. The van der Waals surface area contributed by atoms with E-state index in [0.29, 0.717) is 5.41 Å². The molecule has 25 heavy (non-hydrogen) atoms. The van der Waals surface area contributed by atoms with Crippen molar-refractivity contribution in [3.05, 3.63) is 34.2 Å². The molecule has 0 spiro atoms. The zero-order chi connectivity index (χ0) is 18.4. The number of nitroso groups, excluding NO2 is 1. The predicted octanol–water partition coefficient (Wildman–Crippen LogP) is 5.26. The highest BCUT2D eigenvalue weighted by molar-refractivity contribution is 5.76. The van der Waals surface area contributed by atoms with Crippen molar-refractivity contribution in [3.63, 3.8) is 0 Å². The van der Waals surface area contributed by atoms with E-state index in [-0.39, 0.29) is 12.3 Å². The molecule has 0 aliphatic carbocycles. The van der Waals surface area contributed by atoms with Gasteiger partial charge in [-0.2, -0.15) is 0 Å². The van der Waals surface area contributed by atoms with Gasteiger partial charge < -0.3 is 4.90 Å². The smallest absolute Gasteiger partial charge is 0.286 e. The summed E-state index contributed by atoms with van der Waals surface area (Å²) in [5.74, 6) is -0.275. The van der Waals surface area contributed by atoms with Gasteiger partial charge in [0.2, 0.25) is 0 Å². The van der Waals surface area contributed by atoms with Crippen molar-refractivity contribution < 1.29 is 4.79 Å². The molecule has 0 N–H and O–H groups in total. The van der Waals surface area contributed by atoms with Crippen LogP contribution >= 0.6 is 0 Å². The van der Waals surface area contributed by atoms with E-state index in [9.17, 15) is 9.70 Å². The molecule has 1 atom stereocenters. The Hall–Kier alpha value is -1.71. The summed E-state index contributed by atoms with van der Waals surface area (Å²) in [6.45, 7) is 11.0. The lowest BCUT2D eigenvalue weighted by Gasteiger charge is -2.41. The highest BCUT2D eigenvalue weighted by Crippen LogP contribution is 2.38. The van der Waals surface area contributed by atoms with Gasteiger partial charge in [-0.15, -0.1) is 4.91 Å². The van der Waals surface area contributed by atoms with Crippen molar-refractivity contribution >= 4 is 11.6 Å². The summed E-state index contributed by atoms with van der Waals surface area (Å²) < 4.78 is 0. The number of hydrogen-bond donors (Lipinski definition) is 0. The number of benzene rings is 1. The first-order valence-corrected chi connectivity index (χ1v) is 9.57. The van der Waals surface area contributed by atoms with Crippen LogP contribution in [0.5, 0.6) is 0 Å². The average molecular weight is 344 g/mol. The van der Waals surface area contributed by atoms with Crippen molar-refractivity contribution in [1.82, 2.24) is 0 Å². The average Bonchev–Trinajstić information content (AvgIpc) is 2.60. The Morgan fingerprint density at radius 1 is 1.28 bits per heavy atom. The maximum absolute atomic E-state index is 11.1. The summed E-state index contributed by atoms with van der Waals surface area (Å²) in [7, 11) is 0. The Balaban J connectivity index is 1.88. The third kappa shape index (κ3) is 5.65. The Bertz CT molecular complexity index is 604. The SMILES string of the molecule is CCc1cc(C)cc(N2CCC(C)(CCC(C)CC(=O)N=O)CC2)c1. The van der Waals surface area contributed by atoms with Gasteiger partial charge in [-0.3, -0.25) is 4.79 Å². The van der Waals surface area contributed by atoms with Crippen LogP contribution < -0.4 is 4.90 Å². The van der Waals surface area contributed by atoms with E-state index in [1.165, 1.54) is 29.7 Å². The lowest BCUT2D eigenvalue weighted by molar-refractivity contribution is -0.118. The monoisotopic (exact) mass is 344 g/mol. The molecular formula is C21H32N2O2. The highest BCUT2D eigenvalue weighted by atomic mass is 16.3. The minimum Gasteiger partial charge on any atom is -0.371 e. The van der Waals surface area contributed by atoms with Crippen LogP contribution in [0.3, 0.4) is 0 Å².